The van der Waals surface area contributed by atoms with Crippen molar-refractivity contribution in [1.29, 1.82) is 0 Å². The molecule has 4 nitrogen and oxygen atoms in total. The van der Waals surface area contributed by atoms with Gasteiger partial charge in [0.1, 0.15) is 6.61 Å². The molecule has 0 aromatic carbocycles. The zero-order valence-corrected chi connectivity index (χ0v) is 9.74. The highest BCUT2D eigenvalue weighted by Gasteiger charge is 2.25. The van der Waals surface area contributed by atoms with Crippen molar-refractivity contribution in [2.24, 2.45) is 11.7 Å². The summed E-state index contributed by atoms with van der Waals surface area (Å²) in [7, 11) is 0. The SMILES string of the molecule is CCOCC(=O)N1CCCC(C(C)N)C1. The number of likely N-dealkylation sites (tertiary alicyclic amines) is 1. The summed E-state index contributed by atoms with van der Waals surface area (Å²) in [6.07, 6.45) is 2.19. The standard InChI is InChI=1S/C11H22N2O2/c1-3-15-8-11(14)13-6-4-5-10(7-13)9(2)12/h9-10H,3-8,12H2,1-2H3. The van der Waals surface area contributed by atoms with E-state index in [1.165, 1.54) is 0 Å². The molecule has 0 bridgehead atoms. The number of hydrogen-bond donors (Lipinski definition) is 1. The van der Waals surface area contributed by atoms with Crippen LogP contribution in [0, 0.1) is 5.92 Å². The predicted octanol–water partition coefficient (Wildman–Crippen LogP) is 0.609. The van der Waals surface area contributed by atoms with Crippen molar-refractivity contribution in [2.45, 2.75) is 32.7 Å². The molecular weight excluding hydrogens is 192 g/mol. The third-order valence-corrected chi connectivity index (χ3v) is 2.98. The van der Waals surface area contributed by atoms with Gasteiger partial charge in [-0.2, -0.15) is 0 Å². The molecular formula is C11H22N2O2. The minimum Gasteiger partial charge on any atom is -0.372 e. The first-order valence-corrected chi connectivity index (χ1v) is 5.76. The van der Waals surface area contributed by atoms with Crippen molar-refractivity contribution in [3.63, 3.8) is 0 Å². The molecule has 4 heteroatoms. The second-order valence-corrected chi connectivity index (χ2v) is 4.24. The molecule has 2 N–H and O–H groups in total. The number of ether oxygens (including phenoxy) is 1. The zero-order chi connectivity index (χ0) is 11.3. The van der Waals surface area contributed by atoms with E-state index in [0.717, 1.165) is 25.9 Å². The van der Waals surface area contributed by atoms with E-state index < -0.39 is 0 Å². The van der Waals surface area contributed by atoms with E-state index in [9.17, 15) is 4.79 Å². The maximum Gasteiger partial charge on any atom is 0.248 e. The predicted molar refractivity (Wildman–Crippen MR) is 59.4 cm³/mol. The fourth-order valence-corrected chi connectivity index (χ4v) is 1.95. The molecule has 15 heavy (non-hydrogen) atoms. The van der Waals surface area contributed by atoms with E-state index in [1.807, 2.05) is 18.7 Å². The van der Waals surface area contributed by atoms with Crippen molar-refractivity contribution in [3.05, 3.63) is 0 Å². The van der Waals surface area contributed by atoms with Crippen molar-refractivity contribution >= 4 is 5.91 Å². The number of hydrogen-bond acceptors (Lipinski definition) is 3. The molecule has 0 saturated carbocycles. The molecule has 1 fully saturated rings. The van der Waals surface area contributed by atoms with E-state index in [0.29, 0.717) is 12.5 Å². The minimum absolute atomic E-state index is 0.0993. The highest BCUT2D eigenvalue weighted by molar-refractivity contribution is 5.77. The summed E-state index contributed by atoms with van der Waals surface area (Å²) >= 11 is 0. The topological polar surface area (TPSA) is 55.6 Å². The Morgan fingerprint density at radius 1 is 1.67 bits per heavy atom. The van der Waals surface area contributed by atoms with Crippen molar-refractivity contribution in [1.82, 2.24) is 4.90 Å². The van der Waals surface area contributed by atoms with E-state index >= 15 is 0 Å². The van der Waals surface area contributed by atoms with Gasteiger partial charge >= 0.3 is 0 Å². The molecule has 1 rings (SSSR count). The summed E-state index contributed by atoms with van der Waals surface area (Å²) in [5.74, 6) is 0.548. The first-order chi connectivity index (χ1) is 7.15. The Bertz CT molecular complexity index is 207. The van der Waals surface area contributed by atoms with E-state index in [-0.39, 0.29) is 18.6 Å². The Hall–Kier alpha value is -0.610. The Balaban J connectivity index is 2.38. The lowest BCUT2D eigenvalue weighted by atomic mass is 9.92. The smallest absolute Gasteiger partial charge is 0.248 e. The number of nitrogens with zero attached hydrogens (tertiary/aromatic N) is 1. The molecule has 1 aliphatic heterocycles. The Morgan fingerprint density at radius 3 is 3.00 bits per heavy atom. The van der Waals surface area contributed by atoms with Crippen LogP contribution in [0.4, 0.5) is 0 Å². The highest BCUT2D eigenvalue weighted by Crippen LogP contribution is 2.18. The number of rotatable bonds is 4. The summed E-state index contributed by atoms with van der Waals surface area (Å²) in [5.41, 5.74) is 5.86. The average molecular weight is 214 g/mol. The fraction of sp³-hybridized carbons (Fsp3) is 0.909. The number of carbonyl (C=O) groups is 1. The number of carbonyl (C=O) groups excluding carboxylic acids is 1. The highest BCUT2D eigenvalue weighted by atomic mass is 16.5. The maximum absolute atomic E-state index is 11.7. The van der Waals surface area contributed by atoms with Crippen LogP contribution in [0.15, 0.2) is 0 Å². The third kappa shape index (κ3) is 3.80. The summed E-state index contributed by atoms with van der Waals surface area (Å²) in [6.45, 7) is 6.37. The van der Waals surface area contributed by atoms with Gasteiger partial charge in [-0.25, -0.2) is 0 Å². The van der Waals surface area contributed by atoms with Gasteiger partial charge in [0.25, 0.3) is 0 Å². The molecule has 1 aliphatic rings. The van der Waals surface area contributed by atoms with Crippen molar-refractivity contribution in [3.8, 4) is 0 Å². The van der Waals surface area contributed by atoms with Crippen LogP contribution in [0.2, 0.25) is 0 Å². The minimum atomic E-state index is 0.0993. The summed E-state index contributed by atoms with van der Waals surface area (Å²) in [4.78, 5) is 13.6. The van der Waals surface area contributed by atoms with Crippen LogP contribution in [0.1, 0.15) is 26.7 Å². The Labute approximate surface area is 91.8 Å². The van der Waals surface area contributed by atoms with Gasteiger partial charge in [0, 0.05) is 25.7 Å². The average Bonchev–Trinajstić information content (AvgIpc) is 2.26. The second-order valence-electron chi connectivity index (χ2n) is 4.24. The van der Waals surface area contributed by atoms with Gasteiger partial charge < -0.3 is 15.4 Å². The van der Waals surface area contributed by atoms with Crippen LogP contribution in [0.5, 0.6) is 0 Å². The molecule has 2 unspecified atom stereocenters. The third-order valence-electron chi connectivity index (χ3n) is 2.98. The van der Waals surface area contributed by atoms with Gasteiger partial charge in [-0.15, -0.1) is 0 Å². The van der Waals surface area contributed by atoms with Crippen LogP contribution in [-0.2, 0) is 9.53 Å². The van der Waals surface area contributed by atoms with Gasteiger partial charge in [-0.1, -0.05) is 0 Å². The molecule has 88 valence electrons. The molecule has 1 amide bonds. The lowest BCUT2D eigenvalue weighted by molar-refractivity contribution is -0.137. The number of nitrogens with two attached hydrogens (primary N) is 1. The molecule has 1 heterocycles. The number of piperidine rings is 1. The van der Waals surface area contributed by atoms with Crippen LogP contribution in [0.25, 0.3) is 0 Å². The lowest BCUT2D eigenvalue weighted by Crippen LogP contribution is -2.46. The fourth-order valence-electron chi connectivity index (χ4n) is 1.95. The van der Waals surface area contributed by atoms with E-state index in [4.69, 9.17) is 10.5 Å². The first-order valence-electron chi connectivity index (χ1n) is 5.76. The van der Waals surface area contributed by atoms with Gasteiger partial charge in [-0.3, -0.25) is 4.79 Å². The monoisotopic (exact) mass is 214 g/mol. The quantitative estimate of drug-likeness (QED) is 0.746. The Kier molecular flexibility index (Phi) is 5.05. The maximum atomic E-state index is 11.7. The molecule has 1 saturated heterocycles. The van der Waals surface area contributed by atoms with Gasteiger partial charge in [0.15, 0.2) is 0 Å². The summed E-state index contributed by atoms with van der Waals surface area (Å²) in [6, 6.07) is 0.174. The Morgan fingerprint density at radius 2 is 2.40 bits per heavy atom. The largest absolute Gasteiger partial charge is 0.372 e. The first kappa shape index (κ1) is 12.5. The lowest BCUT2D eigenvalue weighted by Gasteiger charge is -2.34. The van der Waals surface area contributed by atoms with Gasteiger partial charge in [0.05, 0.1) is 0 Å². The molecule has 0 aromatic heterocycles. The molecule has 0 aliphatic carbocycles. The second kappa shape index (κ2) is 6.08. The van der Waals surface area contributed by atoms with Gasteiger partial charge in [-0.05, 0) is 32.6 Å². The van der Waals surface area contributed by atoms with Crippen LogP contribution >= 0.6 is 0 Å². The molecule has 0 aromatic rings. The van der Waals surface area contributed by atoms with Crippen molar-refractivity contribution in [2.75, 3.05) is 26.3 Å². The summed E-state index contributed by atoms with van der Waals surface area (Å²) in [5, 5.41) is 0. The van der Waals surface area contributed by atoms with Crippen LogP contribution < -0.4 is 5.73 Å². The summed E-state index contributed by atoms with van der Waals surface area (Å²) < 4.78 is 5.12. The number of amides is 1. The normalized spacial score (nSPS) is 23.9. The molecule has 0 radical (unpaired) electrons. The molecule has 2 atom stereocenters. The van der Waals surface area contributed by atoms with E-state index in [2.05, 4.69) is 0 Å². The van der Waals surface area contributed by atoms with Crippen molar-refractivity contribution < 1.29 is 9.53 Å². The van der Waals surface area contributed by atoms with Gasteiger partial charge in [0.2, 0.25) is 5.91 Å². The van der Waals surface area contributed by atoms with Crippen LogP contribution in [0.3, 0.4) is 0 Å². The zero-order valence-electron chi connectivity index (χ0n) is 9.74. The van der Waals surface area contributed by atoms with E-state index in [1.54, 1.807) is 0 Å². The van der Waals surface area contributed by atoms with Crippen LogP contribution in [-0.4, -0.2) is 43.2 Å². The molecule has 0 spiro atoms.